The second kappa shape index (κ2) is 49.7. The topological polar surface area (TPSA) is 108 Å². The quantitative estimate of drug-likeness (QED) is 0.0211. The van der Waals surface area contributed by atoms with Crippen molar-refractivity contribution in [2.75, 3.05) is 47.5 Å². The van der Waals surface area contributed by atoms with Crippen LogP contribution in [0, 0.1) is 0 Å². The van der Waals surface area contributed by atoms with E-state index in [0.717, 1.165) is 32.1 Å². The highest BCUT2D eigenvalue weighted by Gasteiger charge is 2.27. The van der Waals surface area contributed by atoms with Crippen LogP contribution < -0.4 is 0 Å². The van der Waals surface area contributed by atoms with E-state index in [-0.39, 0.29) is 26.1 Å². The predicted octanol–water partition coefficient (Wildman–Crippen LogP) is 17.1. The molecule has 0 fully saturated rings. The van der Waals surface area contributed by atoms with Crippen molar-refractivity contribution in [2.45, 2.75) is 251 Å². The highest BCUT2D eigenvalue weighted by molar-refractivity contribution is 7.47. The molecule has 0 aromatic heterocycles. The molecule has 0 aliphatic rings. The molecule has 10 heteroatoms. The summed E-state index contributed by atoms with van der Waals surface area (Å²) in [5, 5.41) is 0. The van der Waals surface area contributed by atoms with Crippen molar-refractivity contribution in [1.82, 2.24) is 0 Å². The fourth-order valence-electron chi connectivity index (χ4n) is 7.66. The Balaban J connectivity index is 4.30. The summed E-state index contributed by atoms with van der Waals surface area (Å²) in [6.45, 7) is 4.36. The lowest BCUT2D eigenvalue weighted by Crippen LogP contribution is -2.37. The Morgan fingerprint density at radius 3 is 1.19 bits per heavy atom. The molecule has 0 aliphatic carbocycles. The van der Waals surface area contributed by atoms with E-state index >= 15 is 0 Å². The minimum absolute atomic E-state index is 0.0162. The Kier molecular flexibility index (Phi) is 48.0. The molecule has 0 saturated carbocycles. The van der Waals surface area contributed by atoms with Gasteiger partial charge in [0.1, 0.15) is 19.8 Å². The molecule has 9 nitrogen and oxygen atoms in total. The van der Waals surface area contributed by atoms with Crippen LogP contribution in [-0.2, 0) is 32.7 Å². The van der Waals surface area contributed by atoms with E-state index in [1.165, 1.54) is 167 Å². The molecule has 0 spiro atoms. The summed E-state index contributed by atoms with van der Waals surface area (Å²) in [7, 11) is 1.43. The zero-order chi connectivity index (χ0) is 49.9. The lowest BCUT2D eigenvalue weighted by Gasteiger charge is -2.24. The second-order valence-corrected chi connectivity index (χ2v) is 21.4. The van der Waals surface area contributed by atoms with E-state index in [4.69, 9.17) is 18.5 Å². The summed E-state index contributed by atoms with van der Waals surface area (Å²) in [6, 6.07) is 0. The minimum Gasteiger partial charge on any atom is -0.462 e. The molecule has 1 N–H and O–H groups in total. The lowest BCUT2D eigenvalue weighted by atomic mass is 10.0. The largest absolute Gasteiger partial charge is 0.472 e. The number of likely N-dealkylation sites (N-methyl/N-ethyl adjacent to an activating group) is 1. The maximum absolute atomic E-state index is 12.8. The normalized spacial score (nSPS) is 13.8. The van der Waals surface area contributed by atoms with Gasteiger partial charge in [0.15, 0.2) is 6.10 Å². The second-order valence-electron chi connectivity index (χ2n) is 20.0. The average molecular weight is 977 g/mol. The standard InChI is InChI=1S/C58H106NO8P/c1-6-8-10-12-14-16-18-20-22-24-26-28-29-31-32-34-36-38-40-42-44-46-48-50-57(60)64-54-56(55-66-68(62,63)65-53-52-59(3,4)5)67-58(61)51-49-47-45-43-41-39-37-35-33-30-27-25-23-21-19-17-15-13-11-9-7-2/h23,25,30,33,37,39,42-45,56H,6-22,24,26-29,31-32,34-36,38,40-41,46-55H2,1-5H3/p+1/b25-23+,33-30+,39-37+,44-42+,45-43+/t56-/m1/s1. The number of carbonyl (C=O) groups excluding carboxylic acids is 2. The number of esters is 2. The highest BCUT2D eigenvalue weighted by atomic mass is 31.2. The third-order valence-corrected chi connectivity index (χ3v) is 13.0. The molecule has 2 atom stereocenters. The fourth-order valence-corrected chi connectivity index (χ4v) is 8.40. The molecule has 0 aromatic carbocycles. The van der Waals surface area contributed by atoms with Crippen molar-refractivity contribution in [3.63, 3.8) is 0 Å². The van der Waals surface area contributed by atoms with Gasteiger partial charge in [-0.2, -0.15) is 0 Å². The summed E-state index contributed by atoms with van der Waals surface area (Å²) in [5.74, 6) is -0.896. The van der Waals surface area contributed by atoms with Crippen LogP contribution in [-0.4, -0.2) is 74.9 Å². The van der Waals surface area contributed by atoms with Gasteiger partial charge in [0.2, 0.25) is 0 Å². The van der Waals surface area contributed by atoms with Crippen LogP contribution in [0.1, 0.15) is 245 Å². The number of ether oxygens (including phenoxy) is 2. The van der Waals surface area contributed by atoms with Crippen molar-refractivity contribution in [1.29, 1.82) is 0 Å². The summed E-state index contributed by atoms with van der Waals surface area (Å²) in [4.78, 5) is 35.6. The number of hydrogen-bond acceptors (Lipinski definition) is 7. The zero-order valence-electron chi connectivity index (χ0n) is 44.8. The summed E-state index contributed by atoms with van der Waals surface area (Å²) < 4.78 is 34.4. The maximum atomic E-state index is 12.8. The molecule has 0 bridgehead atoms. The number of rotatable bonds is 51. The van der Waals surface area contributed by atoms with Crippen LogP contribution >= 0.6 is 7.82 Å². The van der Waals surface area contributed by atoms with Crippen molar-refractivity contribution >= 4 is 19.8 Å². The lowest BCUT2D eigenvalue weighted by molar-refractivity contribution is -0.870. The molecule has 0 amide bonds. The van der Waals surface area contributed by atoms with Crippen LogP contribution in [0.5, 0.6) is 0 Å². The Labute approximate surface area is 419 Å². The van der Waals surface area contributed by atoms with E-state index in [0.29, 0.717) is 30.3 Å². The van der Waals surface area contributed by atoms with Crippen molar-refractivity contribution in [3.8, 4) is 0 Å². The van der Waals surface area contributed by atoms with Gasteiger partial charge in [-0.05, 0) is 70.6 Å². The Morgan fingerprint density at radius 2 is 0.794 bits per heavy atom. The van der Waals surface area contributed by atoms with E-state index in [2.05, 4.69) is 74.6 Å². The molecule has 0 aliphatic heterocycles. The molecule has 68 heavy (non-hydrogen) atoms. The van der Waals surface area contributed by atoms with Gasteiger partial charge >= 0.3 is 19.8 Å². The Hall–Kier alpha value is -2.29. The molecule has 0 saturated heterocycles. The molecule has 0 aromatic rings. The third kappa shape index (κ3) is 53.1. The van der Waals surface area contributed by atoms with Gasteiger partial charge in [-0.15, -0.1) is 0 Å². The number of phosphoric acid groups is 1. The molecule has 396 valence electrons. The Bertz CT molecular complexity index is 1340. The van der Waals surface area contributed by atoms with E-state index < -0.39 is 32.5 Å². The molecule has 0 rings (SSSR count). The van der Waals surface area contributed by atoms with Crippen LogP contribution in [0.2, 0.25) is 0 Å². The van der Waals surface area contributed by atoms with Gasteiger partial charge in [-0.3, -0.25) is 18.6 Å². The van der Waals surface area contributed by atoms with Gasteiger partial charge in [-0.25, -0.2) is 4.57 Å². The van der Waals surface area contributed by atoms with E-state index in [1.54, 1.807) is 0 Å². The number of nitrogens with zero attached hydrogens (tertiary/aromatic N) is 1. The molecular weight excluding hydrogens is 870 g/mol. The van der Waals surface area contributed by atoms with Crippen molar-refractivity contribution in [3.05, 3.63) is 60.8 Å². The predicted molar refractivity (Wildman–Crippen MR) is 289 cm³/mol. The highest BCUT2D eigenvalue weighted by Crippen LogP contribution is 2.43. The number of quaternary nitrogens is 1. The van der Waals surface area contributed by atoms with Gasteiger partial charge in [0.25, 0.3) is 0 Å². The minimum atomic E-state index is -4.41. The van der Waals surface area contributed by atoms with Crippen molar-refractivity contribution < 1.29 is 42.1 Å². The van der Waals surface area contributed by atoms with Crippen LogP contribution in [0.15, 0.2) is 60.8 Å². The molecule has 1 unspecified atom stereocenters. The van der Waals surface area contributed by atoms with E-state index in [1.807, 2.05) is 21.1 Å². The van der Waals surface area contributed by atoms with Gasteiger partial charge in [0, 0.05) is 12.8 Å². The third-order valence-electron chi connectivity index (χ3n) is 12.0. The fraction of sp³-hybridized carbons (Fsp3) is 0.793. The number of carbonyl (C=O) groups is 2. The van der Waals surface area contributed by atoms with Gasteiger partial charge in [-0.1, -0.05) is 222 Å². The number of allylic oxidation sites excluding steroid dienone is 10. The van der Waals surface area contributed by atoms with Crippen LogP contribution in [0.4, 0.5) is 0 Å². The number of phosphoric ester groups is 1. The molecular formula is C58H107NO8P+. The molecule has 0 heterocycles. The van der Waals surface area contributed by atoms with Crippen LogP contribution in [0.25, 0.3) is 0 Å². The molecule has 0 radical (unpaired) electrons. The first-order chi connectivity index (χ1) is 33.0. The summed E-state index contributed by atoms with van der Waals surface area (Å²) >= 11 is 0. The average Bonchev–Trinajstić information content (AvgIpc) is 3.30. The van der Waals surface area contributed by atoms with Gasteiger partial charge in [0.05, 0.1) is 27.7 Å². The maximum Gasteiger partial charge on any atom is 0.472 e. The first-order valence-electron chi connectivity index (χ1n) is 28.0. The number of hydrogen-bond donors (Lipinski definition) is 1. The summed E-state index contributed by atoms with van der Waals surface area (Å²) in [6.07, 6.45) is 63.1. The van der Waals surface area contributed by atoms with E-state index in [9.17, 15) is 19.0 Å². The zero-order valence-corrected chi connectivity index (χ0v) is 45.7. The first kappa shape index (κ1) is 65.7. The van der Waals surface area contributed by atoms with Crippen LogP contribution in [0.3, 0.4) is 0 Å². The summed E-state index contributed by atoms with van der Waals surface area (Å²) in [5.41, 5.74) is 0. The van der Waals surface area contributed by atoms with Gasteiger partial charge < -0.3 is 18.9 Å². The monoisotopic (exact) mass is 977 g/mol. The SMILES string of the molecule is CCCCCCCCC/C=C/C/C=C/C/C=C/C/C=C/CCCC(=O)O[C@H](COC(=O)CCC/C=C/CCCCCCCCCCCCCCCCCCCC)COP(=O)(O)OCC[N+](C)(C)C. The smallest absolute Gasteiger partial charge is 0.462 e. The Morgan fingerprint density at radius 1 is 0.456 bits per heavy atom. The number of unbranched alkanes of at least 4 members (excludes halogenated alkanes) is 27. The first-order valence-corrected chi connectivity index (χ1v) is 29.5. The van der Waals surface area contributed by atoms with Crippen molar-refractivity contribution in [2.24, 2.45) is 0 Å².